The Morgan fingerprint density at radius 3 is 2.71 bits per heavy atom. The quantitative estimate of drug-likeness (QED) is 0.527. The number of aryl methyl sites for hydroxylation is 3. The molecule has 1 aliphatic rings. The molecule has 1 N–H and O–H groups in total. The van der Waals surface area contributed by atoms with Crippen molar-refractivity contribution in [3.8, 4) is 17.1 Å². The largest absolute Gasteiger partial charge is 0.489 e. The molecule has 0 amide bonds. The third-order valence-corrected chi connectivity index (χ3v) is 5.79. The molecule has 3 aromatic heterocycles. The van der Waals surface area contributed by atoms with Gasteiger partial charge in [-0.2, -0.15) is 0 Å². The van der Waals surface area contributed by atoms with Gasteiger partial charge < -0.3 is 10.1 Å². The highest BCUT2D eigenvalue weighted by molar-refractivity contribution is 5.72. The first-order valence-corrected chi connectivity index (χ1v) is 11.4. The van der Waals surface area contributed by atoms with Crippen LogP contribution in [0.15, 0.2) is 30.3 Å². The molecule has 0 spiro atoms. The van der Waals surface area contributed by atoms with Crippen LogP contribution in [0.5, 0.6) is 5.75 Å². The first kappa shape index (κ1) is 21.3. The average molecular weight is 421 g/mol. The molecule has 0 aromatic carbocycles. The van der Waals surface area contributed by atoms with Crippen molar-refractivity contribution in [3.05, 3.63) is 41.7 Å². The first-order valence-electron chi connectivity index (χ1n) is 11.4. The number of rotatable bonds is 8. The van der Waals surface area contributed by atoms with Crippen LogP contribution < -0.4 is 10.1 Å². The second kappa shape index (κ2) is 9.90. The van der Waals surface area contributed by atoms with Gasteiger partial charge in [-0.3, -0.25) is 0 Å². The number of pyridine rings is 2. The molecule has 0 bridgehead atoms. The molecule has 0 radical (unpaired) electrons. The molecule has 1 saturated carbocycles. The Labute approximate surface area is 184 Å². The summed E-state index contributed by atoms with van der Waals surface area (Å²) in [5.41, 5.74) is 3.43. The molecule has 7 nitrogen and oxygen atoms in total. The number of unbranched alkanes of at least 4 members (excludes halogenated alkanes) is 1. The van der Waals surface area contributed by atoms with E-state index >= 15 is 0 Å². The van der Waals surface area contributed by atoms with Gasteiger partial charge in [-0.25, -0.2) is 14.6 Å². The van der Waals surface area contributed by atoms with Gasteiger partial charge in [0, 0.05) is 12.7 Å². The normalized spacial score (nSPS) is 14.5. The highest BCUT2D eigenvalue weighted by Gasteiger charge is 2.19. The van der Waals surface area contributed by atoms with Crippen molar-refractivity contribution in [2.45, 2.75) is 71.3 Å². The van der Waals surface area contributed by atoms with Crippen LogP contribution in [0.2, 0.25) is 0 Å². The molecular weight excluding hydrogens is 388 g/mol. The summed E-state index contributed by atoms with van der Waals surface area (Å²) in [6.45, 7) is 4.18. The topological polar surface area (TPSA) is 77.8 Å². The molecule has 1 aliphatic carbocycles. The highest BCUT2D eigenvalue weighted by Crippen LogP contribution is 2.30. The van der Waals surface area contributed by atoms with Gasteiger partial charge in [0.2, 0.25) is 0 Å². The second-order valence-corrected chi connectivity index (χ2v) is 8.31. The van der Waals surface area contributed by atoms with Crippen molar-refractivity contribution < 1.29 is 4.74 Å². The van der Waals surface area contributed by atoms with Crippen LogP contribution in [0.25, 0.3) is 11.4 Å². The Morgan fingerprint density at radius 2 is 1.94 bits per heavy atom. The fraction of sp³-hybridized carbons (Fsp3) is 0.500. The van der Waals surface area contributed by atoms with Crippen LogP contribution in [0, 0.1) is 6.92 Å². The maximum absolute atomic E-state index is 6.22. The van der Waals surface area contributed by atoms with Gasteiger partial charge in [-0.05, 0) is 69.7 Å². The van der Waals surface area contributed by atoms with Crippen molar-refractivity contribution in [3.63, 3.8) is 0 Å². The van der Waals surface area contributed by atoms with E-state index in [1.54, 1.807) is 4.68 Å². The van der Waals surface area contributed by atoms with Crippen LogP contribution in [0.3, 0.4) is 0 Å². The van der Waals surface area contributed by atoms with Gasteiger partial charge >= 0.3 is 0 Å². The third-order valence-electron chi connectivity index (χ3n) is 5.79. The molecule has 7 heteroatoms. The number of nitrogens with one attached hydrogen (secondary N) is 1. The first-order chi connectivity index (χ1) is 15.1. The molecule has 0 aliphatic heterocycles. The number of anilines is 2. The van der Waals surface area contributed by atoms with E-state index in [1.807, 2.05) is 38.2 Å². The molecule has 4 rings (SSSR count). The molecule has 0 atom stereocenters. The van der Waals surface area contributed by atoms with Crippen LogP contribution >= 0.6 is 0 Å². The molecule has 0 unspecified atom stereocenters. The van der Waals surface area contributed by atoms with Gasteiger partial charge in [0.05, 0.1) is 17.5 Å². The van der Waals surface area contributed by atoms with Crippen molar-refractivity contribution in [2.75, 3.05) is 5.32 Å². The summed E-state index contributed by atoms with van der Waals surface area (Å²) in [6, 6.07) is 10.0. The highest BCUT2D eigenvalue weighted by atomic mass is 16.5. The minimum absolute atomic E-state index is 0.305. The van der Waals surface area contributed by atoms with E-state index in [1.165, 1.54) is 19.3 Å². The number of hydrogen-bond acceptors (Lipinski definition) is 6. The summed E-state index contributed by atoms with van der Waals surface area (Å²) in [6.07, 6.45) is 9.64. The van der Waals surface area contributed by atoms with Crippen LogP contribution in [-0.4, -0.2) is 31.1 Å². The minimum Gasteiger partial charge on any atom is -0.489 e. The Bertz CT molecular complexity index is 1010. The molecule has 3 heterocycles. The number of hydrogen-bond donors (Lipinski definition) is 1. The number of aromatic nitrogens is 5. The molecule has 1 fully saturated rings. The van der Waals surface area contributed by atoms with Gasteiger partial charge in [-0.1, -0.05) is 31.0 Å². The third kappa shape index (κ3) is 5.21. The van der Waals surface area contributed by atoms with Gasteiger partial charge in [0.1, 0.15) is 11.6 Å². The lowest BCUT2D eigenvalue weighted by Gasteiger charge is -2.23. The van der Waals surface area contributed by atoms with E-state index in [2.05, 4.69) is 28.6 Å². The predicted molar refractivity (Wildman–Crippen MR) is 123 cm³/mol. The number of nitrogens with zero attached hydrogens (tertiary/aromatic N) is 5. The van der Waals surface area contributed by atoms with E-state index in [9.17, 15) is 0 Å². The average Bonchev–Trinajstić information content (AvgIpc) is 3.15. The van der Waals surface area contributed by atoms with Crippen LogP contribution in [0.1, 0.15) is 63.3 Å². The van der Waals surface area contributed by atoms with Crippen molar-refractivity contribution in [1.29, 1.82) is 0 Å². The minimum atomic E-state index is 0.305. The fourth-order valence-electron chi connectivity index (χ4n) is 4.00. The predicted octanol–water partition coefficient (Wildman–Crippen LogP) is 5.38. The Balaban J connectivity index is 1.54. The van der Waals surface area contributed by atoms with Crippen molar-refractivity contribution in [1.82, 2.24) is 25.0 Å². The number of ether oxygens (including phenoxy) is 1. The molecule has 164 valence electrons. The monoisotopic (exact) mass is 420 g/mol. The van der Waals surface area contributed by atoms with Crippen LogP contribution in [-0.2, 0) is 13.5 Å². The van der Waals surface area contributed by atoms with Gasteiger partial charge in [0.25, 0.3) is 0 Å². The zero-order valence-corrected chi connectivity index (χ0v) is 18.8. The maximum atomic E-state index is 6.22. The summed E-state index contributed by atoms with van der Waals surface area (Å²) < 4.78 is 7.95. The Kier molecular flexibility index (Phi) is 6.79. The smallest absolute Gasteiger partial charge is 0.159 e. The standard InChI is InChI=1S/C24H32N6O/c1-4-5-10-18-11-9-14-22(26-18)27-24-23(28-29-30(24)3)20-15-16-21(17(2)25-20)31-19-12-7-6-8-13-19/h9,11,14-16,19H,4-8,10,12-13H2,1-3H3,(H,26,27). The van der Waals surface area contributed by atoms with E-state index in [0.717, 1.165) is 66.6 Å². The van der Waals surface area contributed by atoms with E-state index in [-0.39, 0.29) is 0 Å². The van der Waals surface area contributed by atoms with E-state index in [0.29, 0.717) is 11.8 Å². The lowest BCUT2D eigenvalue weighted by atomic mass is 9.98. The van der Waals surface area contributed by atoms with Gasteiger partial charge in [-0.15, -0.1) is 5.10 Å². The van der Waals surface area contributed by atoms with Crippen LogP contribution in [0.4, 0.5) is 11.6 Å². The van der Waals surface area contributed by atoms with E-state index < -0.39 is 0 Å². The zero-order valence-electron chi connectivity index (χ0n) is 18.8. The van der Waals surface area contributed by atoms with Gasteiger partial charge in [0.15, 0.2) is 11.5 Å². The molecular formula is C24H32N6O. The molecule has 3 aromatic rings. The molecule has 31 heavy (non-hydrogen) atoms. The summed E-state index contributed by atoms with van der Waals surface area (Å²) in [5.74, 6) is 2.42. The van der Waals surface area contributed by atoms with Crippen molar-refractivity contribution >= 4 is 11.6 Å². The summed E-state index contributed by atoms with van der Waals surface area (Å²) >= 11 is 0. The Hall–Kier alpha value is -2.96. The lowest BCUT2D eigenvalue weighted by Crippen LogP contribution is -2.20. The fourth-order valence-corrected chi connectivity index (χ4v) is 4.00. The second-order valence-electron chi connectivity index (χ2n) is 8.31. The summed E-state index contributed by atoms with van der Waals surface area (Å²) in [4.78, 5) is 9.52. The lowest BCUT2D eigenvalue weighted by molar-refractivity contribution is 0.153. The Morgan fingerprint density at radius 1 is 1.10 bits per heavy atom. The maximum Gasteiger partial charge on any atom is 0.159 e. The van der Waals surface area contributed by atoms with Crippen molar-refractivity contribution in [2.24, 2.45) is 7.05 Å². The van der Waals surface area contributed by atoms with E-state index in [4.69, 9.17) is 14.7 Å². The summed E-state index contributed by atoms with van der Waals surface area (Å²) in [7, 11) is 1.87. The zero-order chi connectivity index (χ0) is 21.6. The SMILES string of the molecule is CCCCc1cccc(Nc2c(-c3ccc(OC4CCCCC4)c(C)n3)nnn2C)n1. The summed E-state index contributed by atoms with van der Waals surface area (Å²) in [5, 5.41) is 12.0. The molecule has 0 saturated heterocycles.